The van der Waals surface area contributed by atoms with Crippen LogP contribution < -0.4 is 0 Å². The second-order valence-corrected chi connectivity index (χ2v) is 4.51. The minimum absolute atomic E-state index is 0.861. The van der Waals surface area contributed by atoms with E-state index in [0.717, 1.165) is 11.8 Å². The first kappa shape index (κ1) is 7.61. The smallest absolute Gasteiger partial charge is 0.00616 e. The van der Waals surface area contributed by atoms with Crippen molar-refractivity contribution in [1.29, 1.82) is 0 Å². The van der Waals surface area contributed by atoms with Gasteiger partial charge < -0.3 is 0 Å². The molecule has 0 amide bonds. The van der Waals surface area contributed by atoms with Crippen molar-refractivity contribution >= 4 is 0 Å². The van der Waals surface area contributed by atoms with Crippen molar-refractivity contribution in [2.24, 2.45) is 11.8 Å². The maximum atomic E-state index is 2.48. The van der Waals surface area contributed by atoms with Crippen LogP contribution in [-0.4, -0.2) is 0 Å². The predicted molar refractivity (Wildman–Crippen MR) is 55.4 cm³/mol. The van der Waals surface area contributed by atoms with Crippen LogP contribution in [0.25, 0.3) is 0 Å². The van der Waals surface area contributed by atoms with Gasteiger partial charge in [-0.1, -0.05) is 36.3 Å². The zero-order valence-electron chi connectivity index (χ0n) is 8.00. The molecule has 2 unspecified atom stereocenters. The Morgan fingerprint density at radius 3 is 3.15 bits per heavy atom. The fraction of sp³-hybridized carbons (Fsp3) is 0.538. The SMILES string of the molecule is C1=CCC2C(=C1)C=C1CCCCC12. The molecule has 0 heterocycles. The summed E-state index contributed by atoms with van der Waals surface area (Å²) in [6.07, 6.45) is 16.3. The first-order chi connectivity index (χ1) is 6.45. The number of hydrogen-bond acceptors (Lipinski definition) is 0. The van der Waals surface area contributed by atoms with Gasteiger partial charge in [-0.05, 0) is 43.1 Å². The quantitative estimate of drug-likeness (QED) is 0.523. The summed E-state index contributed by atoms with van der Waals surface area (Å²) < 4.78 is 0. The first-order valence-corrected chi connectivity index (χ1v) is 5.52. The van der Waals surface area contributed by atoms with Crippen LogP contribution in [0.3, 0.4) is 0 Å². The lowest BCUT2D eigenvalue weighted by atomic mass is 9.77. The van der Waals surface area contributed by atoms with E-state index in [1.165, 1.54) is 32.1 Å². The zero-order valence-corrected chi connectivity index (χ0v) is 8.00. The lowest BCUT2D eigenvalue weighted by Crippen LogP contribution is -2.16. The lowest BCUT2D eigenvalue weighted by Gasteiger charge is -2.27. The largest absolute Gasteiger partial charge is 0.0839 e. The molecule has 13 heavy (non-hydrogen) atoms. The van der Waals surface area contributed by atoms with Crippen molar-refractivity contribution in [1.82, 2.24) is 0 Å². The van der Waals surface area contributed by atoms with Gasteiger partial charge in [0.1, 0.15) is 0 Å². The van der Waals surface area contributed by atoms with E-state index in [9.17, 15) is 0 Å². The second kappa shape index (κ2) is 2.87. The van der Waals surface area contributed by atoms with Gasteiger partial charge in [0.05, 0.1) is 0 Å². The van der Waals surface area contributed by atoms with E-state index < -0.39 is 0 Å². The third-order valence-electron chi connectivity index (χ3n) is 3.79. The number of allylic oxidation sites excluding steroid dienone is 6. The summed E-state index contributed by atoms with van der Waals surface area (Å²) in [5.74, 6) is 1.78. The molecule has 0 bridgehead atoms. The number of fused-ring (bicyclic) bond motifs is 3. The Morgan fingerprint density at radius 2 is 2.15 bits per heavy atom. The fourth-order valence-corrected chi connectivity index (χ4v) is 3.13. The molecule has 1 fully saturated rings. The summed E-state index contributed by atoms with van der Waals surface area (Å²) in [6, 6.07) is 0. The molecule has 0 spiro atoms. The van der Waals surface area contributed by atoms with Crippen molar-refractivity contribution in [2.75, 3.05) is 0 Å². The molecule has 0 aromatic rings. The minimum atomic E-state index is 0.861. The summed E-state index contributed by atoms with van der Waals surface area (Å²) in [7, 11) is 0. The average molecular weight is 172 g/mol. The molecule has 0 nitrogen and oxygen atoms in total. The van der Waals surface area contributed by atoms with Crippen molar-refractivity contribution in [3.8, 4) is 0 Å². The van der Waals surface area contributed by atoms with Crippen LogP contribution in [0.1, 0.15) is 32.1 Å². The minimum Gasteiger partial charge on any atom is -0.0839 e. The van der Waals surface area contributed by atoms with E-state index in [-0.39, 0.29) is 0 Å². The summed E-state index contributed by atoms with van der Waals surface area (Å²) >= 11 is 0. The van der Waals surface area contributed by atoms with E-state index in [1.807, 2.05) is 0 Å². The molecule has 3 aliphatic carbocycles. The molecular formula is C13H16. The zero-order chi connectivity index (χ0) is 8.67. The van der Waals surface area contributed by atoms with Crippen molar-refractivity contribution in [2.45, 2.75) is 32.1 Å². The molecule has 68 valence electrons. The first-order valence-electron chi connectivity index (χ1n) is 5.52. The fourth-order valence-electron chi connectivity index (χ4n) is 3.13. The van der Waals surface area contributed by atoms with E-state index in [2.05, 4.69) is 24.3 Å². The Labute approximate surface area is 80.0 Å². The van der Waals surface area contributed by atoms with Crippen LogP contribution in [0, 0.1) is 11.8 Å². The Balaban J connectivity index is 1.96. The van der Waals surface area contributed by atoms with Gasteiger partial charge in [0.25, 0.3) is 0 Å². The van der Waals surface area contributed by atoms with E-state index in [4.69, 9.17) is 0 Å². The molecular weight excluding hydrogens is 156 g/mol. The molecule has 0 aliphatic heterocycles. The molecule has 3 aliphatic rings. The van der Waals surface area contributed by atoms with Crippen LogP contribution in [0.5, 0.6) is 0 Å². The Bertz CT molecular complexity index is 304. The maximum Gasteiger partial charge on any atom is -0.00616 e. The standard InChI is InChI=1S/C13H16/c1-3-7-12-10(5-1)9-11-6-2-4-8-13(11)12/h1,3,5,9,12-13H,2,4,6-8H2. The highest BCUT2D eigenvalue weighted by atomic mass is 14.4. The molecule has 0 aromatic carbocycles. The molecule has 0 heteroatoms. The Kier molecular flexibility index (Phi) is 1.68. The molecule has 0 saturated heterocycles. The van der Waals surface area contributed by atoms with Crippen LogP contribution >= 0.6 is 0 Å². The summed E-state index contributed by atoms with van der Waals surface area (Å²) in [5.41, 5.74) is 3.37. The maximum absolute atomic E-state index is 2.48. The normalized spacial score (nSPS) is 36.3. The van der Waals surface area contributed by atoms with Gasteiger partial charge in [-0.25, -0.2) is 0 Å². The van der Waals surface area contributed by atoms with E-state index >= 15 is 0 Å². The van der Waals surface area contributed by atoms with Gasteiger partial charge in [0.2, 0.25) is 0 Å². The Hall–Kier alpha value is -0.780. The monoisotopic (exact) mass is 172 g/mol. The molecule has 2 atom stereocenters. The van der Waals surface area contributed by atoms with Crippen LogP contribution in [0.2, 0.25) is 0 Å². The van der Waals surface area contributed by atoms with Gasteiger partial charge in [-0.2, -0.15) is 0 Å². The van der Waals surface area contributed by atoms with Crippen molar-refractivity contribution in [3.63, 3.8) is 0 Å². The van der Waals surface area contributed by atoms with Crippen LogP contribution in [0.4, 0.5) is 0 Å². The van der Waals surface area contributed by atoms with Crippen LogP contribution in [-0.2, 0) is 0 Å². The van der Waals surface area contributed by atoms with Gasteiger partial charge in [-0.3, -0.25) is 0 Å². The molecule has 3 rings (SSSR count). The highest BCUT2D eigenvalue weighted by Crippen LogP contribution is 2.46. The number of rotatable bonds is 0. The molecule has 0 radical (unpaired) electrons. The van der Waals surface area contributed by atoms with Crippen LogP contribution in [0.15, 0.2) is 35.5 Å². The summed E-state index contributed by atoms with van der Waals surface area (Å²) in [6.45, 7) is 0. The topological polar surface area (TPSA) is 0 Å². The molecule has 0 N–H and O–H groups in total. The highest BCUT2D eigenvalue weighted by molar-refractivity contribution is 5.41. The summed E-state index contributed by atoms with van der Waals surface area (Å²) in [4.78, 5) is 0. The van der Waals surface area contributed by atoms with E-state index in [0.29, 0.717) is 0 Å². The van der Waals surface area contributed by atoms with Gasteiger partial charge >= 0.3 is 0 Å². The lowest BCUT2D eigenvalue weighted by molar-refractivity contribution is 0.375. The van der Waals surface area contributed by atoms with Gasteiger partial charge in [-0.15, -0.1) is 0 Å². The van der Waals surface area contributed by atoms with E-state index in [1.54, 1.807) is 11.1 Å². The third kappa shape index (κ3) is 1.12. The number of hydrogen-bond donors (Lipinski definition) is 0. The molecule has 1 saturated carbocycles. The molecule has 0 aromatic heterocycles. The summed E-state index contributed by atoms with van der Waals surface area (Å²) in [5, 5.41) is 0. The highest BCUT2D eigenvalue weighted by Gasteiger charge is 2.33. The Morgan fingerprint density at radius 1 is 1.15 bits per heavy atom. The predicted octanol–water partition coefficient (Wildman–Crippen LogP) is 3.62. The van der Waals surface area contributed by atoms with Crippen molar-refractivity contribution in [3.05, 3.63) is 35.5 Å². The van der Waals surface area contributed by atoms with Gasteiger partial charge in [0.15, 0.2) is 0 Å². The third-order valence-corrected chi connectivity index (χ3v) is 3.79. The average Bonchev–Trinajstić information content (AvgIpc) is 2.56. The second-order valence-electron chi connectivity index (χ2n) is 4.51. The van der Waals surface area contributed by atoms with Gasteiger partial charge in [0, 0.05) is 0 Å². The van der Waals surface area contributed by atoms with Crippen molar-refractivity contribution < 1.29 is 0 Å².